The molecule has 0 aromatic heterocycles. The number of hydrogen-bond acceptors (Lipinski definition) is 4. The normalized spacial score (nSPS) is 15.7. The quantitative estimate of drug-likeness (QED) is 0.693. The minimum absolute atomic E-state index is 0.140. The Morgan fingerprint density at radius 2 is 1.93 bits per heavy atom. The second kappa shape index (κ2) is 10.0. The molecule has 1 fully saturated rings. The van der Waals surface area contributed by atoms with E-state index in [0.717, 1.165) is 12.5 Å². The summed E-state index contributed by atoms with van der Waals surface area (Å²) in [5.74, 6) is -1.74. The monoisotopic (exact) mass is 417 g/mol. The van der Waals surface area contributed by atoms with Crippen LogP contribution in [0.3, 0.4) is 0 Å². The number of para-hydroxylation sites is 1. The third kappa shape index (κ3) is 5.46. The van der Waals surface area contributed by atoms with E-state index in [1.807, 2.05) is 11.8 Å². The Morgan fingerprint density at radius 1 is 1.13 bits per heavy atom. The van der Waals surface area contributed by atoms with Gasteiger partial charge in [0.1, 0.15) is 5.75 Å². The number of benzene rings is 2. The van der Waals surface area contributed by atoms with Gasteiger partial charge in [-0.05, 0) is 43.5 Å². The molecule has 2 aromatic rings. The molecule has 6 nitrogen and oxygen atoms in total. The minimum atomic E-state index is -0.870. The first-order chi connectivity index (χ1) is 14.5. The summed E-state index contributed by atoms with van der Waals surface area (Å²) in [7, 11) is 0. The molecule has 30 heavy (non-hydrogen) atoms. The predicted molar refractivity (Wildman–Crippen MR) is 110 cm³/mol. The highest BCUT2D eigenvalue weighted by molar-refractivity contribution is 5.98. The van der Waals surface area contributed by atoms with E-state index < -0.39 is 11.6 Å². The third-order valence-corrected chi connectivity index (χ3v) is 4.98. The summed E-state index contributed by atoms with van der Waals surface area (Å²) >= 11 is 0. The van der Waals surface area contributed by atoms with E-state index in [4.69, 9.17) is 4.74 Å². The molecule has 0 aliphatic carbocycles. The van der Waals surface area contributed by atoms with Gasteiger partial charge in [0.25, 0.3) is 5.91 Å². The number of nitrogens with one attached hydrogen (secondary N) is 2. The number of carbonyl (C=O) groups is 2. The molecule has 1 aliphatic heterocycles. The highest BCUT2D eigenvalue weighted by atomic mass is 19.2. The lowest BCUT2D eigenvalue weighted by molar-refractivity contribution is -0.120. The molecule has 0 bridgehead atoms. The van der Waals surface area contributed by atoms with Crippen molar-refractivity contribution in [3.63, 3.8) is 0 Å². The van der Waals surface area contributed by atoms with Gasteiger partial charge in [-0.15, -0.1) is 0 Å². The van der Waals surface area contributed by atoms with Crippen molar-refractivity contribution in [1.29, 1.82) is 0 Å². The third-order valence-electron chi connectivity index (χ3n) is 4.98. The molecule has 1 unspecified atom stereocenters. The first kappa shape index (κ1) is 21.5. The second-order valence-corrected chi connectivity index (χ2v) is 7.12. The molecule has 160 valence electrons. The van der Waals surface area contributed by atoms with Gasteiger partial charge in [0.2, 0.25) is 5.91 Å². The van der Waals surface area contributed by atoms with Crippen LogP contribution in [0.25, 0.3) is 0 Å². The summed E-state index contributed by atoms with van der Waals surface area (Å²) in [6.07, 6.45) is 0.827. The maximum atomic E-state index is 13.4. The minimum Gasteiger partial charge on any atom is -0.493 e. The molecule has 2 amide bonds. The van der Waals surface area contributed by atoms with Crippen molar-refractivity contribution < 1.29 is 23.1 Å². The average molecular weight is 417 g/mol. The number of hydrogen-bond donors (Lipinski definition) is 2. The second-order valence-electron chi connectivity index (χ2n) is 7.12. The Morgan fingerprint density at radius 3 is 2.70 bits per heavy atom. The van der Waals surface area contributed by atoms with Crippen molar-refractivity contribution in [2.45, 2.75) is 13.3 Å². The summed E-state index contributed by atoms with van der Waals surface area (Å²) in [4.78, 5) is 26.4. The lowest BCUT2D eigenvalue weighted by atomic mass is 10.1. The van der Waals surface area contributed by atoms with Gasteiger partial charge < -0.3 is 20.3 Å². The highest BCUT2D eigenvalue weighted by Gasteiger charge is 2.24. The highest BCUT2D eigenvalue weighted by Crippen LogP contribution is 2.25. The van der Waals surface area contributed by atoms with Gasteiger partial charge in [-0.3, -0.25) is 9.59 Å². The summed E-state index contributed by atoms with van der Waals surface area (Å²) in [6.45, 7) is 3.92. The molecule has 1 heterocycles. The van der Waals surface area contributed by atoms with Gasteiger partial charge >= 0.3 is 0 Å². The molecular weight excluding hydrogens is 392 g/mol. The topological polar surface area (TPSA) is 70.7 Å². The molecule has 1 saturated heterocycles. The average Bonchev–Trinajstić information content (AvgIpc) is 3.22. The largest absolute Gasteiger partial charge is 0.493 e. The first-order valence-corrected chi connectivity index (χ1v) is 9.94. The Labute approximate surface area is 174 Å². The molecule has 0 saturated carbocycles. The van der Waals surface area contributed by atoms with E-state index in [1.54, 1.807) is 30.3 Å². The van der Waals surface area contributed by atoms with Gasteiger partial charge in [-0.1, -0.05) is 12.1 Å². The molecule has 0 radical (unpaired) electrons. The summed E-state index contributed by atoms with van der Waals surface area (Å²) in [5, 5.41) is 5.42. The van der Waals surface area contributed by atoms with Crippen molar-refractivity contribution in [3.05, 3.63) is 59.7 Å². The molecular formula is C22H25F2N3O3. The van der Waals surface area contributed by atoms with Crippen LogP contribution in [0.5, 0.6) is 5.75 Å². The zero-order valence-corrected chi connectivity index (χ0v) is 16.8. The standard InChI is InChI=1S/C22H25F2N3O3/c1-2-30-20-6-4-3-5-17(20)22(29)26-13-21(28)25-12-15-9-10-27(14-15)16-7-8-18(23)19(24)11-16/h3-8,11,15H,2,9-10,12-14H2,1H3,(H,25,28)(H,26,29). The van der Waals surface area contributed by atoms with Crippen molar-refractivity contribution in [3.8, 4) is 5.75 Å². The van der Waals surface area contributed by atoms with E-state index in [-0.39, 0.29) is 24.3 Å². The lowest BCUT2D eigenvalue weighted by Crippen LogP contribution is -2.39. The van der Waals surface area contributed by atoms with Crippen LogP contribution >= 0.6 is 0 Å². The maximum Gasteiger partial charge on any atom is 0.255 e. The van der Waals surface area contributed by atoms with Crippen molar-refractivity contribution in [1.82, 2.24) is 10.6 Å². The summed E-state index contributed by atoms with van der Waals surface area (Å²) < 4.78 is 31.9. The number of anilines is 1. The number of amides is 2. The number of ether oxygens (including phenoxy) is 1. The smallest absolute Gasteiger partial charge is 0.255 e. The predicted octanol–water partition coefficient (Wildman–Crippen LogP) is 2.74. The fraction of sp³-hybridized carbons (Fsp3) is 0.364. The molecule has 8 heteroatoms. The van der Waals surface area contributed by atoms with Crippen LogP contribution in [-0.4, -0.2) is 44.6 Å². The van der Waals surface area contributed by atoms with Crippen molar-refractivity contribution in [2.24, 2.45) is 5.92 Å². The number of nitrogens with zero attached hydrogens (tertiary/aromatic N) is 1. The Hall–Kier alpha value is -3.16. The van der Waals surface area contributed by atoms with Gasteiger partial charge in [0.05, 0.1) is 18.7 Å². The molecule has 2 aromatic carbocycles. The Bertz CT molecular complexity index is 907. The van der Waals surface area contributed by atoms with Crippen LogP contribution in [0, 0.1) is 17.6 Å². The molecule has 0 spiro atoms. The van der Waals surface area contributed by atoms with Crippen LogP contribution < -0.4 is 20.3 Å². The number of halogens is 2. The zero-order chi connectivity index (χ0) is 21.5. The van der Waals surface area contributed by atoms with E-state index in [9.17, 15) is 18.4 Å². The number of carbonyl (C=O) groups excluding carboxylic acids is 2. The van der Waals surface area contributed by atoms with E-state index in [1.165, 1.54) is 6.07 Å². The maximum absolute atomic E-state index is 13.4. The lowest BCUT2D eigenvalue weighted by Gasteiger charge is -2.19. The van der Waals surface area contributed by atoms with Crippen LogP contribution in [0.15, 0.2) is 42.5 Å². The Kier molecular flexibility index (Phi) is 7.21. The SMILES string of the molecule is CCOc1ccccc1C(=O)NCC(=O)NCC1CCN(c2ccc(F)c(F)c2)C1. The molecule has 1 atom stereocenters. The van der Waals surface area contributed by atoms with E-state index in [0.29, 0.717) is 43.2 Å². The van der Waals surface area contributed by atoms with Crippen LogP contribution in [0.4, 0.5) is 14.5 Å². The molecule has 1 aliphatic rings. The summed E-state index contributed by atoms with van der Waals surface area (Å²) in [6, 6.07) is 10.7. The van der Waals surface area contributed by atoms with Gasteiger partial charge in [-0.25, -0.2) is 8.78 Å². The Balaban J connectivity index is 1.43. The van der Waals surface area contributed by atoms with Crippen LogP contribution in [0.2, 0.25) is 0 Å². The molecule has 2 N–H and O–H groups in total. The summed E-state index contributed by atoms with van der Waals surface area (Å²) in [5.41, 5.74) is 1.01. The first-order valence-electron chi connectivity index (χ1n) is 9.94. The van der Waals surface area contributed by atoms with Crippen molar-refractivity contribution in [2.75, 3.05) is 37.7 Å². The van der Waals surface area contributed by atoms with Crippen LogP contribution in [-0.2, 0) is 4.79 Å². The fourth-order valence-electron chi connectivity index (χ4n) is 3.43. The van der Waals surface area contributed by atoms with E-state index >= 15 is 0 Å². The zero-order valence-electron chi connectivity index (χ0n) is 16.8. The van der Waals surface area contributed by atoms with Gasteiger partial charge in [-0.2, -0.15) is 0 Å². The number of rotatable bonds is 8. The van der Waals surface area contributed by atoms with Crippen LogP contribution in [0.1, 0.15) is 23.7 Å². The fourth-order valence-corrected chi connectivity index (χ4v) is 3.43. The van der Waals surface area contributed by atoms with Gasteiger partial charge in [0, 0.05) is 31.4 Å². The molecule has 3 rings (SSSR count). The van der Waals surface area contributed by atoms with Gasteiger partial charge in [0.15, 0.2) is 11.6 Å². The van der Waals surface area contributed by atoms with E-state index in [2.05, 4.69) is 10.6 Å². The van der Waals surface area contributed by atoms with Crippen molar-refractivity contribution >= 4 is 17.5 Å².